The molecule has 8 nitrogen and oxygen atoms in total. The second-order valence-electron chi connectivity index (χ2n) is 1.00. The van der Waals surface area contributed by atoms with Crippen LogP contribution in [0, 0.1) is 0 Å². The minimum absolute atomic E-state index is 0. The van der Waals surface area contributed by atoms with Crippen LogP contribution in [0.4, 0.5) is 0 Å². The molecule has 0 bridgehead atoms. The largest absolute Gasteiger partial charge is 1.00 e. The van der Waals surface area contributed by atoms with Gasteiger partial charge in [-0.1, -0.05) is 0 Å². The van der Waals surface area contributed by atoms with Crippen LogP contribution in [0.15, 0.2) is 0 Å². The van der Waals surface area contributed by atoms with Crippen LogP contribution >= 0.6 is 48.9 Å². The quantitative estimate of drug-likeness (QED) is 0.232. The molecular weight excluding hydrogens is 488 g/mol. The van der Waals surface area contributed by atoms with E-state index in [1.165, 1.54) is 0 Å². The van der Waals surface area contributed by atoms with Crippen molar-refractivity contribution in [1.29, 1.82) is 0 Å². The first-order valence-corrected chi connectivity index (χ1v) is 4.08. The molecule has 0 aliphatic heterocycles. The zero-order chi connectivity index (χ0) is 14.3. The van der Waals surface area contributed by atoms with Crippen LogP contribution in [0.1, 0.15) is 0 Å². The van der Waals surface area contributed by atoms with Crippen LogP contribution in [-0.2, 0) is 0 Å². The van der Waals surface area contributed by atoms with E-state index in [0.717, 1.165) is 0 Å². The first-order chi connectivity index (χ1) is 6.93. The van der Waals surface area contributed by atoms with Gasteiger partial charge in [-0.15, -0.1) is 69.8 Å². The molecule has 0 fully saturated rings. The van der Waals surface area contributed by atoms with Crippen molar-refractivity contribution in [2.45, 2.75) is 0 Å². The smallest absolute Gasteiger partial charge is 0.876 e. The molecule has 0 aromatic rings. The third-order valence-electron chi connectivity index (χ3n) is 0. The third-order valence-corrected chi connectivity index (χ3v) is 0. The summed E-state index contributed by atoms with van der Waals surface area (Å²) in [5.41, 5.74) is 0. The van der Waals surface area contributed by atoms with Gasteiger partial charge in [-0.2, -0.15) is 0 Å². The number of thiocarbonyl (C=S) groups is 4. The van der Waals surface area contributed by atoms with Gasteiger partial charge in [-0.3, -0.25) is 0 Å². The summed E-state index contributed by atoms with van der Waals surface area (Å²) in [5.74, 6) is 0. The molecule has 0 N–H and O–H groups in total. The molecule has 0 saturated carbocycles. The molecule has 0 aromatic carbocycles. The first kappa shape index (κ1) is 77.4. The van der Waals surface area contributed by atoms with Gasteiger partial charge in [0, 0.05) is 0 Å². The zero-order valence-corrected chi connectivity index (χ0v) is 34.2. The molecule has 0 unspecified atom stereocenters. The molecule has 20 heteroatoms. The molecule has 0 aliphatic carbocycles. The van der Waals surface area contributed by atoms with E-state index < -0.39 is 20.9 Å². The summed E-state index contributed by atoms with van der Waals surface area (Å²) >= 11 is 13.7. The summed E-state index contributed by atoms with van der Waals surface area (Å²) in [6.45, 7) is 0. The van der Waals surface area contributed by atoms with Crippen molar-refractivity contribution in [1.82, 2.24) is 0 Å². The van der Waals surface area contributed by atoms with Crippen LogP contribution in [-0.4, -0.2) is 20.9 Å². The fourth-order valence-electron chi connectivity index (χ4n) is 0. The Labute approximate surface area is 338 Å². The van der Waals surface area contributed by atoms with Crippen LogP contribution in [0.2, 0.25) is 0 Å². The number of hydrogen-bond acceptors (Lipinski definition) is 12. The Morgan fingerprint density at radius 1 is 0.292 bits per heavy atom. The number of hydrogen-bond donors (Lipinski definition) is 0. The zero-order valence-electron chi connectivity index (χ0n) is 14.9. The maximum atomic E-state index is 8.70. The van der Waals surface area contributed by atoms with Gasteiger partial charge < -0.3 is 40.9 Å². The molecule has 0 atom stereocenters. The third kappa shape index (κ3) is 485. The van der Waals surface area contributed by atoms with E-state index >= 15 is 0 Å². The minimum atomic E-state index is -1.50. The standard InChI is InChI=1S/4CH2O2S.8Na/c4*2-1(3)4;;;;;;;;/h4*(H2,2,3,4);;;;;;;;/q;;;;8*+1/p-8. The molecule has 0 rings (SSSR count). The van der Waals surface area contributed by atoms with Crippen molar-refractivity contribution in [2.75, 3.05) is 0 Å². The van der Waals surface area contributed by atoms with Gasteiger partial charge in [0.25, 0.3) is 0 Å². The van der Waals surface area contributed by atoms with E-state index in [0.29, 0.717) is 0 Å². The molecule has 0 aromatic heterocycles. The Hall–Kier alpha value is 6.76. The average Bonchev–Trinajstić information content (AvgIpc) is 1.76. The van der Waals surface area contributed by atoms with Crippen molar-refractivity contribution in [3.8, 4) is 0 Å². The first-order valence-electron chi connectivity index (χ1n) is 2.45. The van der Waals surface area contributed by atoms with Gasteiger partial charge in [0.1, 0.15) is 0 Å². The van der Waals surface area contributed by atoms with Gasteiger partial charge in [0.15, 0.2) is 0 Å². The summed E-state index contributed by atoms with van der Waals surface area (Å²) in [4.78, 5) is 0. The van der Waals surface area contributed by atoms with E-state index in [9.17, 15) is 0 Å². The monoisotopic (exact) mass is 488 g/mol. The SMILES string of the molecule is [Na+].[Na+].[Na+].[Na+].[Na+].[Na+].[Na+].[Na+].[O-]C([O-])=S.[O-]C([O-])=S.[O-]C([O-])=S.[O-]C([O-])=S. The van der Waals surface area contributed by atoms with Gasteiger partial charge in [0.2, 0.25) is 0 Å². The van der Waals surface area contributed by atoms with Gasteiger partial charge in [-0.25, -0.2) is 0 Å². The van der Waals surface area contributed by atoms with Crippen molar-refractivity contribution >= 4 is 69.8 Å². The van der Waals surface area contributed by atoms with Gasteiger partial charge >= 0.3 is 236 Å². The fraction of sp³-hybridized carbons (Fsp3) is 0. The topological polar surface area (TPSA) is 184 Å². The average molecular weight is 488 g/mol. The maximum absolute atomic E-state index is 8.70. The van der Waals surface area contributed by atoms with Crippen LogP contribution < -0.4 is 277 Å². The van der Waals surface area contributed by atoms with Gasteiger partial charge in [-0.05, 0) is 0 Å². The van der Waals surface area contributed by atoms with E-state index in [1.54, 1.807) is 0 Å². The van der Waals surface area contributed by atoms with Crippen LogP contribution in [0.5, 0.6) is 0 Å². The van der Waals surface area contributed by atoms with E-state index in [-0.39, 0.29) is 236 Å². The second kappa shape index (κ2) is 69.9. The maximum Gasteiger partial charge on any atom is 1.00 e. The molecular formula is C4Na8O8S4. The molecule has 0 saturated heterocycles. The normalized spacial score (nSPS) is 4.00. The predicted octanol–water partition coefficient (Wildman–Crippen LogP) is -32.0. The summed E-state index contributed by atoms with van der Waals surface area (Å²) in [6.07, 6.45) is 0. The Bertz CT molecular complexity index is 186. The minimum Gasteiger partial charge on any atom is -0.876 e. The van der Waals surface area contributed by atoms with E-state index in [1.807, 2.05) is 0 Å². The van der Waals surface area contributed by atoms with Crippen molar-refractivity contribution in [3.63, 3.8) is 0 Å². The summed E-state index contributed by atoms with van der Waals surface area (Å²) < 4.78 is 0. The molecule has 0 aliphatic rings. The number of rotatable bonds is 0. The Morgan fingerprint density at radius 3 is 0.292 bits per heavy atom. The Kier molecular flexibility index (Phi) is 226. The molecule has 0 spiro atoms. The summed E-state index contributed by atoms with van der Waals surface area (Å²) in [7, 11) is 0. The Balaban J connectivity index is -0.00000000720. The Morgan fingerprint density at radius 2 is 0.292 bits per heavy atom. The van der Waals surface area contributed by atoms with Crippen molar-refractivity contribution < 1.29 is 277 Å². The van der Waals surface area contributed by atoms with E-state index in [4.69, 9.17) is 40.9 Å². The second-order valence-corrected chi connectivity index (χ2v) is 2.33. The van der Waals surface area contributed by atoms with Crippen molar-refractivity contribution in [3.05, 3.63) is 0 Å². The summed E-state index contributed by atoms with van der Waals surface area (Å²) in [6, 6.07) is 0. The predicted molar refractivity (Wildman–Crippen MR) is 50.4 cm³/mol. The molecule has 24 heavy (non-hydrogen) atoms. The van der Waals surface area contributed by atoms with E-state index in [2.05, 4.69) is 48.9 Å². The molecule has 0 amide bonds. The fourth-order valence-corrected chi connectivity index (χ4v) is 0. The van der Waals surface area contributed by atoms with Crippen LogP contribution in [0.3, 0.4) is 0 Å². The van der Waals surface area contributed by atoms with Gasteiger partial charge in [0.05, 0.1) is 0 Å². The summed E-state index contributed by atoms with van der Waals surface area (Å²) in [5, 5.41) is 63.6. The molecule has 96 valence electrons. The van der Waals surface area contributed by atoms with Crippen molar-refractivity contribution in [2.24, 2.45) is 0 Å². The molecule has 0 radical (unpaired) electrons. The van der Waals surface area contributed by atoms with Crippen LogP contribution in [0.25, 0.3) is 0 Å². The molecule has 0 heterocycles.